The quantitative estimate of drug-likeness (QED) is 0.727. The van der Waals surface area contributed by atoms with Gasteiger partial charge in [0, 0.05) is 0 Å². The van der Waals surface area contributed by atoms with Gasteiger partial charge in [0.15, 0.2) is 6.61 Å². The Hall–Kier alpha value is -1.84. The Balaban J connectivity index is 0.000000165. The lowest BCUT2D eigenvalue weighted by Crippen LogP contribution is -2.18. The SMILES string of the molecule is Cc1cccc(C)c1C.O=C1COC(=O)N1. The van der Waals surface area contributed by atoms with Crippen molar-refractivity contribution in [3.05, 3.63) is 34.9 Å². The van der Waals surface area contributed by atoms with Gasteiger partial charge < -0.3 is 4.74 Å². The molecule has 1 aliphatic heterocycles. The van der Waals surface area contributed by atoms with Crippen LogP contribution in [0.2, 0.25) is 0 Å². The van der Waals surface area contributed by atoms with E-state index >= 15 is 0 Å². The summed E-state index contributed by atoms with van der Waals surface area (Å²) >= 11 is 0. The molecule has 1 aromatic carbocycles. The number of carbonyl (C=O) groups excluding carboxylic acids is 2. The molecule has 4 nitrogen and oxygen atoms in total. The fraction of sp³-hybridized carbons (Fsp3) is 0.333. The minimum absolute atomic E-state index is 0.126. The van der Waals surface area contributed by atoms with Crippen molar-refractivity contribution in [3.8, 4) is 0 Å². The molecule has 0 radical (unpaired) electrons. The van der Waals surface area contributed by atoms with Crippen LogP contribution in [0.1, 0.15) is 16.7 Å². The van der Waals surface area contributed by atoms with E-state index in [-0.39, 0.29) is 12.5 Å². The summed E-state index contributed by atoms with van der Waals surface area (Å²) in [5, 5.41) is 1.92. The molecule has 0 atom stereocenters. The van der Waals surface area contributed by atoms with Crippen molar-refractivity contribution in [2.75, 3.05) is 6.61 Å². The van der Waals surface area contributed by atoms with Gasteiger partial charge in [0.1, 0.15) is 0 Å². The minimum atomic E-state index is -0.648. The van der Waals surface area contributed by atoms with Crippen LogP contribution in [0.15, 0.2) is 18.2 Å². The van der Waals surface area contributed by atoms with Crippen LogP contribution in [0.25, 0.3) is 0 Å². The topological polar surface area (TPSA) is 55.4 Å². The number of aryl methyl sites for hydroxylation is 2. The van der Waals surface area contributed by atoms with Crippen LogP contribution in [0.4, 0.5) is 4.79 Å². The van der Waals surface area contributed by atoms with Crippen molar-refractivity contribution >= 4 is 12.0 Å². The van der Waals surface area contributed by atoms with Crippen LogP contribution in [-0.2, 0) is 9.53 Å². The lowest BCUT2D eigenvalue weighted by molar-refractivity contribution is -0.119. The molecule has 1 heterocycles. The number of hydrogen-bond donors (Lipinski definition) is 1. The molecule has 4 heteroatoms. The fourth-order valence-electron chi connectivity index (χ4n) is 1.21. The normalized spacial score (nSPS) is 13.7. The Bertz CT molecular complexity index is 378. The number of amides is 2. The number of benzene rings is 1. The molecule has 1 aliphatic rings. The fourth-order valence-corrected chi connectivity index (χ4v) is 1.21. The van der Waals surface area contributed by atoms with Crippen molar-refractivity contribution in [1.82, 2.24) is 5.32 Å². The summed E-state index contributed by atoms with van der Waals surface area (Å²) in [5.41, 5.74) is 4.18. The average molecular weight is 221 g/mol. The average Bonchev–Trinajstić information content (AvgIpc) is 2.60. The van der Waals surface area contributed by atoms with Crippen LogP contribution in [0.3, 0.4) is 0 Å². The summed E-state index contributed by atoms with van der Waals surface area (Å²) in [6, 6.07) is 6.38. The van der Waals surface area contributed by atoms with Gasteiger partial charge >= 0.3 is 6.09 Å². The maximum atomic E-state index is 10.00. The van der Waals surface area contributed by atoms with Crippen LogP contribution < -0.4 is 5.32 Å². The van der Waals surface area contributed by atoms with E-state index in [4.69, 9.17) is 0 Å². The van der Waals surface area contributed by atoms with Crippen molar-refractivity contribution in [1.29, 1.82) is 0 Å². The number of cyclic esters (lactones) is 1. The molecule has 16 heavy (non-hydrogen) atoms. The molecule has 1 N–H and O–H groups in total. The number of alkyl carbamates (subject to hydrolysis) is 1. The molecule has 0 bridgehead atoms. The molecule has 0 unspecified atom stereocenters. The molecule has 1 fully saturated rings. The predicted molar refractivity (Wildman–Crippen MR) is 60.1 cm³/mol. The van der Waals surface area contributed by atoms with E-state index in [9.17, 15) is 9.59 Å². The van der Waals surface area contributed by atoms with Crippen molar-refractivity contribution in [3.63, 3.8) is 0 Å². The molecule has 0 spiro atoms. The van der Waals surface area contributed by atoms with Gasteiger partial charge in [0.05, 0.1) is 0 Å². The molecule has 0 saturated carbocycles. The van der Waals surface area contributed by atoms with E-state index in [2.05, 4.69) is 43.7 Å². The maximum Gasteiger partial charge on any atom is 0.414 e. The summed E-state index contributed by atoms with van der Waals surface area (Å²) in [7, 11) is 0. The van der Waals surface area contributed by atoms with Gasteiger partial charge in [-0.25, -0.2) is 4.79 Å². The Morgan fingerprint density at radius 1 is 1.12 bits per heavy atom. The van der Waals surface area contributed by atoms with E-state index < -0.39 is 6.09 Å². The van der Waals surface area contributed by atoms with Crippen LogP contribution >= 0.6 is 0 Å². The number of ether oxygens (including phenoxy) is 1. The Labute approximate surface area is 94.6 Å². The van der Waals surface area contributed by atoms with Gasteiger partial charge in [-0.3, -0.25) is 10.1 Å². The maximum absolute atomic E-state index is 10.00. The summed E-state index contributed by atoms with van der Waals surface area (Å²) in [6.45, 7) is 6.31. The lowest BCUT2D eigenvalue weighted by atomic mass is 10.1. The molecule has 1 aromatic rings. The van der Waals surface area contributed by atoms with E-state index in [0.29, 0.717) is 0 Å². The summed E-state index contributed by atoms with van der Waals surface area (Å²) in [4.78, 5) is 19.9. The van der Waals surface area contributed by atoms with Gasteiger partial charge in [0.25, 0.3) is 5.91 Å². The van der Waals surface area contributed by atoms with Crippen molar-refractivity contribution in [2.24, 2.45) is 0 Å². The molecule has 2 amide bonds. The van der Waals surface area contributed by atoms with E-state index in [1.807, 2.05) is 5.32 Å². The first-order valence-electron chi connectivity index (χ1n) is 5.00. The van der Waals surface area contributed by atoms with Crippen LogP contribution in [-0.4, -0.2) is 18.6 Å². The van der Waals surface area contributed by atoms with Gasteiger partial charge in [-0.15, -0.1) is 0 Å². The lowest BCUT2D eigenvalue weighted by Gasteiger charge is -2.00. The van der Waals surface area contributed by atoms with Gasteiger partial charge in [-0.05, 0) is 37.5 Å². The second-order valence-corrected chi connectivity index (χ2v) is 3.64. The predicted octanol–water partition coefficient (Wildman–Crippen LogP) is 1.86. The minimum Gasteiger partial charge on any atom is -0.439 e. The highest BCUT2D eigenvalue weighted by atomic mass is 16.6. The molecule has 0 aromatic heterocycles. The van der Waals surface area contributed by atoms with Gasteiger partial charge in [-0.1, -0.05) is 18.2 Å². The highest BCUT2D eigenvalue weighted by molar-refractivity contribution is 5.97. The number of nitrogens with one attached hydrogen (secondary N) is 1. The van der Waals surface area contributed by atoms with Crippen LogP contribution in [0, 0.1) is 20.8 Å². The standard InChI is InChI=1S/C9H12.C3H3NO3/c1-7-5-4-6-8(2)9(7)3;5-2-1-7-3(6)4-2/h4-6H,1-3H3;1H2,(H,4,5,6). The Morgan fingerprint density at radius 3 is 1.94 bits per heavy atom. The first kappa shape index (κ1) is 12.2. The summed E-state index contributed by atoms with van der Waals surface area (Å²) in [5.74, 6) is -0.370. The Kier molecular flexibility index (Phi) is 4.05. The molecule has 0 aliphatic carbocycles. The largest absolute Gasteiger partial charge is 0.439 e. The number of rotatable bonds is 0. The first-order valence-corrected chi connectivity index (χ1v) is 5.00. The van der Waals surface area contributed by atoms with E-state index in [1.165, 1.54) is 16.7 Å². The smallest absolute Gasteiger partial charge is 0.414 e. The zero-order chi connectivity index (χ0) is 12.1. The molecule has 1 saturated heterocycles. The van der Waals surface area contributed by atoms with E-state index in [1.54, 1.807) is 0 Å². The number of hydrogen-bond acceptors (Lipinski definition) is 3. The van der Waals surface area contributed by atoms with Gasteiger partial charge in [-0.2, -0.15) is 0 Å². The van der Waals surface area contributed by atoms with Crippen LogP contribution in [0.5, 0.6) is 0 Å². The number of imide groups is 1. The zero-order valence-corrected chi connectivity index (χ0v) is 9.66. The number of carbonyl (C=O) groups is 2. The molecular formula is C12H15NO3. The van der Waals surface area contributed by atoms with Gasteiger partial charge in [0.2, 0.25) is 0 Å². The third-order valence-electron chi connectivity index (χ3n) is 2.45. The second kappa shape index (κ2) is 5.30. The first-order chi connectivity index (χ1) is 7.50. The highest BCUT2D eigenvalue weighted by Crippen LogP contribution is 2.09. The molecule has 2 rings (SSSR count). The van der Waals surface area contributed by atoms with Crippen molar-refractivity contribution in [2.45, 2.75) is 20.8 Å². The summed E-state index contributed by atoms with van der Waals surface area (Å²) < 4.78 is 4.17. The second-order valence-electron chi connectivity index (χ2n) is 3.64. The Morgan fingerprint density at radius 2 is 1.69 bits per heavy atom. The third-order valence-corrected chi connectivity index (χ3v) is 2.45. The van der Waals surface area contributed by atoms with Crippen molar-refractivity contribution < 1.29 is 14.3 Å². The third kappa shape index (κ3) is 3.38. The molecular weight excluding hydrogens is 206 g/mol. The van der Waals surface area contributed by atoms with E-state index in [0.717, 1.165) is 0 Å². The summed E-state index contributed by atoms with van der Waals surface area (Å²) in [6.07, 6.45) is -0.648. The highest BCUT2D eigenvalue weighted by Gasteiger charge is 2.17. The monoisotopic (exact) mass is 221 g/mol. The zero-order valence-electron chi connectivity index (χ0n) is 9.66. The molecule has 86 valence electrons.